The number of para-hydroxylation sites is 1. The van der Waals surface area contributed by atoms with E-state index in [4.69, 9.17) is 0 Å². The minimum absolute atomic E-state index is 0.000803. The summed E-state index contributed by atoms with van der Waals surface area (Å²) in [5, 5.41) is 18.7. The Balaban J connectivity index is 0.000000552. The monoisotopic (exact) mass is 413 g/mol. The molecule has 1 saturated carbocycles. The summed E-state index contributed by atoms with van der Waals surface area (Å²) < 4.78 is 0. The number of carbonyl (C=O) groups excluding carboxylic acids is 2. The van der Waals surface area contributed by atoms with Crippen molar-refractivity contribution in [1.29, 1.82) is 0 Å². The number of hydrogen-bond acceptors (Lipinski definition) is 7. The van der Waals surface area contributed by atoms with Crippen molar-refractivity contribution in [3.05, 3.63) is 57.5 Å². The first kappa shape index (κ1) is 21.1. The number of phenolic OH excluding ortho intramolecular Hbond substituents is 1. The second-order valence-corrected chi connectivity index (χ2v) is 8.74. The van der Waals surface area contributed by atoms with Crippen molar-refractivity contribution in [1.82, 2.24) is 10.2 Å². The molecule has 1 aromatic carbocycles. The number of phenols is 1. The molecule has 1 atom stereocenters. The number of ketones is 1. The Labute approximate surface area is 175 Å². The third-order valence-corrected chi connectivity index (χ3v) is 5.60. The van der Waals surface area contributed by atoms with Gasteiger partial charge in [-0.3, -0.25) is 9.59 Å². The summed E-state index contributed by atoms with van der Waals surface area (Å²) in [6, 6.07) is 9.24. The maximum atomic E-state index is 12.1. The van der Waals surface area contributed by atoms with Gasteiger partial charge in [0.15, 0.2) is 12.1 Å². The zero-order valence-electron chi connectivity index (χ0n) is 16.9. The molecule has 3 N–H and O–H groups in total. The fraction of sp³-hybridized carbons (Fsp3) is 0.364. The van der Waals surface area contributed by atoms with Crippen LogP contribution in [-0.4, -0.2) is 43.2 Å². The van der Waals surface area contributed by atoms with Gasteiger partial charge in [-0.2, -0.15) is 0 Å². The molecule has 1 heterocycles. The van der Waals surface area contributed by atoms with Crippen molar-refractivity contribution < 1.29 is 14.7 Å². The Morgan fingerprint density at radius 3 is 2.48 bits per heavy atom. The van der Waals surface area contributed by atoms with Crippen LogP contribution in [0, 0.1) is 5.92 Å². The number of aromatic hydroxyl groups is 1. The van der Waals surface area contributed by atoms with E-state index in [-0.39, 0.29) is 23.1 Å². The summed E-state index contributed by atoms with van der Waals surface area (Å²) in [7, 11) is 6.00. The number of allylic oxidation sites excluding steroid dienone is 2. The minimum Gasteiger partial charge on any atom is -0.505 e. The highest BCUT2D eigenvalue weighted by molar-refractivity contribution is 7.10. The molecule has 2 aliphatic carbocycles. The second-order valence-electron chi connectivity index (χ2n) is 7.76. The fourth-order valence-electron chi connectivity index (χ4n) is 3.07. The van der Waals surface area contributed by atoms with E-state index < -0.39 is 0 Å². The van der Waals surface area contributed by atoms with Gasteiger partial charge in [-0.05, 0) is 63.5 Å². The van der Waals surface area contributed by atoms with Crippen LogP contribution in [0.15, 0.2) is 47.1 Å². The molecule has 2 aliphatic rings. The largest absolute Gasteiger partial charge is 0.505 e. The highest BCUT2D eigenvalue weighted by Gasteiger charge is 2.37. The van der Waals surface area contributed by atoms with Crippen LogP contribution in [0.5, 0.6) is 5.75 Å². The first-order valence-corrected chi connectivity index (χ1v) is 10.5. The minimum atomic E-state index is -0.138. The van der Waals surface area contributed by atoms with Crippen LogP contribution in [0.2, 0.25) is 0 Å². The molecule has 154 valence electrons. The molecule has 6 nitrogen and oxygen atoms in total. The van der Waals surface area contributed by atoms with Gasteiger partial charge in [0, 0.05) is 10.6 Å². The van der Waals surface area contributed by atoms with Crippen molar-refractivity contribution in [3.8, 4) is 5.75 Å². The number of benzene rings is 1. The first-order valence-electron chi connectivity index (χ1n) is 9.62. The topological polar surface area (TPSA) is 81.7 Å². The summed E-state index contributed by atoms with van der Waals surface area (Å²) >= 11 is 1.72. The van der Waals surface area contributed by atoms with Crippen LogP contribution in [0.4, 0.5) is 5.69 Å². The molecule has 1 aromatic heterocycles. The van der Waals surface area contributed by atoms with Gasteiger partial charge in [0.2, 0.25) is 0 Å². The predicted octanol–water partition coefficient (Wildman–Crippen LogP) is 3.78. The molecular weight excluding hydrogens is 386 g/mol. The molecule has 0 saturated heterocycles. The number of nitrogens with one attached hydrogen (secondary N) is 2. The average Bonchev–Trinajstić information content (AvgIpc) is 3.37. The first-order chi connectivity index (χ1) is 13.9. The molecule has 29 heavy (non-hydrogen) atoms. The molecule has 1 fully saturated rings. The van der Waals surface area contributed by atoms with Crippen LogP contribution >= 0.6 is 11.3 Å². The lowest BCUT2D eigenvalue weighted by Crippen LogP contribution is -2.35. The number of Topliss-reactive ketones (excluding diaryl/α,β-unsaturated/α-hetero) is 1. The summed E-state index contributed by atoms with van der Waals surface area (Å²) in [5.74, 6) is 0.468. The Hall–Kier alpha value is -2.64. The number of nitrogens with zero attached hydrogens (tertiary/aromatic N) is 1. The van der Waals surface area contributed by atoms with E-state index >= 15 is 0 Å². The number of anilines is 1. The van der Waals surface area contributed by atoms with Gasteiger partial charge in [0.1, 0.15) is 11.4 Å². The number of aldehydes is 1. The van der Waals surface area contributed by atoms with E-state index in [1.54, 1.807) is 23.5 Å². The average molecular weight is 414 g/mol. The zero-order valence-corrected chi connectivity index (χ0v) is 17.8. The maximum absolute atomic E-state index is 12.1. The van der Waals surface area contributed by atoms with Crippen molar-refractivity contribution in [2.24, 2.45) is 5.92 Å². The highest BCUT2D eigenvalue weighted by atomic mass is 32.1. The molecule has 7 heteroatoms. The van der Waals surface area contributed by atoms with Crippen molar-refractivity contribution in [2.75, 3.05) is 26.5 Å². The van der Waals surface area contributed by atoms with Gasteiger partial charge in [-0.25, -0.2) is 0 Å². The lowest BCUT2D eigenvalue weighted by atomic mass is 9.96. The van der Waals surface area contributed by atoms with E-state index in [1.165, 1.54) is 23.8 Å². The van der Waals surface area contributed by atoms with E-state index in [0.717, 1.165) is 5.70 Å². The van der Waals surface area contributed by atoms with E-state index in [2.05, 4.69) is 22.1 Å². The molecule has 0 bridgehead atoms. The second kappa shape index (κ2) is 9.24. The Kier molecular flexibility index (Phi) is 6.71. The van der Waals surface area contributed by atoms with Gasteiger partial charge in [-0.15, -0.1) is 11.3 Å². The fourth-order valence-corrected chi connectivity index (χ4v) is 3.94. The Morgan fingerprint density at radius 1 is 1.21 bits per heavy atom. The molecule has 0 aliphatic heterocycles. The van der Waals surface area contributed by atoms with Crippen molar-refractivity contribution in [3.63, 3.8) is 0 Å². The molecule has 0 amide bonds. The van der Waals surface area contributed by atoms with Crippen LogP contribution in [0.25, 0.3) is 0 Å². The third-order valence-electron chi connectivity index (χ3n) is 4.64. The van der Waals surface area contributed by atoms with Crippen LogP contribution in [-0.2, 0) is 4.79 Å². The summed E-state index contributed by atoms with van der Waals surface area (Å²) in [4.78, 5) is 26.3. The van der Waals surface area contributed by atoms with E-state index in [1.807, 2.05) is 32.1 Å². The highest BCUT2D eigenvalue weighted by Crippen LogP contribution is 2.44. The molecule has 2 aromatic rings. The summed E-state index contributed by atoms with van der Waals surface area (Å²) in [5.41, 5.74) is 1.90. The lowest BCUT2D eigenvalue weighted by molar-refractivity contribution is -0.116. The number of rotatable bonds is 7. The Bertz CT molecular complexity index is 899. The SMILES string of the molecule is CN(C)C.O=Cc1cccc(NC2=C(NC(c3cccs3)C3CC3)CC2=O)c1O. The normalized spacial score (nSPS) is 16.6. The Morgan fingerprint density at radius 2 is 1.93 bits per heavy atom. The molecule has 0 radical (unpaired) electrons. The van der Waals surface area contributed by atoms with E-state index in [0.29, 0.717) is 30.0 Å². The molecule has 4 rings (SSSR count). The number of thiophene rings is 1. The maximum Gasteiger partial charge on any atom is 0.186 e. The quantitative estimate of drug-likeness (QED) is 0.473. The van der Waals surface area contributed by atoms with E-state index in [9.17, 15) is 14.7 Å². The number of carbonyl (C=O) groups is 2. The van der Waals surface area contributed by atoms with Gasteiger partial charge in [-0.1, -0.05) is 12.1 Å². The zero-order chi connectivity index (χ0) is 21.0. The lowest BCUT2D eigenvalue weighted by Gasteiger charge is -2.29. The van der Waals surface area contributed by atoms with Gasteiger partial charge in [0.25, 0.3) is 0 Å². The van der Waals surface area contributed by atoms with Crippen molar-refractivity contribution >= 4 is 29.1 Å². The van der Waals surface area contributed by atoms with Gasteiger partial charge >= 0.3 is 0 Å². The smallest absolute Gasteiger partial charge is 0.186 e. The molecule has 0 spiro atoms. The molecule has 1 unspecified atom stereocenters. The third kappa shape index (κ3) is 5.25. The van der Waals surface area contributed by atoms with Crippen LogP contribution in [0.1, 0.15) is 40.5 Å². The van der Waals surface area contributed by atoms with Crippen LogP contribution in [0.3, 0.4) is 0 Å². The van der Waals surface area contributed by atoms with Gasteiger partial charge < -0.3 is 20.6 Å². The molecular formula is C22H27N3O3S. The van der Waals surface area contributed by atoms with Crippen molar-refractivity contribution in [2.45, 2.75) is 25.3 Å². The standard InChI is InChI=1S/C19H18N2O3S.C3H9N/c22-10-12-3-1-4-13(19(12)24)20-18-14(9-15(18)23)21-17(11-6-7-11)16-5-2-8-25-16;1-4(2)3/h1-5,8,10-11,17,20-21,24H,6-7,9H2;1-3H3. The summed E-state index contributed by atoms with van der Waals surface area (Å²) in [6.45, 7) is 0. The number of hydrogen-bond donors (Lipinski definition) is 3. The van der Waals surface area contributed by atoms with Gasteiger partial charge in [0.05, 0.1) is 23.7 Å². The van der Waals surface area contributed by atoms with Crippen LogP contribution < -0.4 is 10.6 Å². The summed E-state index contributed by atoms with van der Waals surface area (Å²) in [6.07, 6.45) is 3.35. The predicted molar refractivity (Wildman–Crippen MR) is 116 cm³/mol.